The highest BCUT2D eigenvalue weighted by atomic mass is 19.3. The lowest BCUT2D eigenvalue weighted by Gasteiger charge is -2.12. The van der Waals surface area contributed by atoms with Gasteiger partial charge in [-0.3, -0.25) is 4.79 Å². The number of halogens is 2. The second-order valence-corrected chi connectivity index (χ2v) is 4.73. The Kier molecular flexibility index (Phi) is 6.36. The smallest absolute Gasteiger partial charge is 0.387 e. The molecule has 128 valence electrons. The van der Waals surface area contributed by atoms with Crippen molar-refractivity contribution in [3.8, 4) is 11.5 Å². The van der Waals surface area contributed by atoms with E-state index in [9.17, 15) is 13.6 Å². The standard InChI is InChI=1S/C17H18F2N2O3/c1-2-23-15-6-4-3-5-14(15)21-16(22)11-20-12-7-9-13(10-8-12)24-17(18)19/h3-10,17,20H,2,11H2,1H3,(H,21,22). The number of rotatable bonds is 8. The van der Waals surface area contributed by atoms with Crippen LogP contribution in [0, 0.1) is 0 Å². The average molecular weight is 336 g/mol. The van der Waals surface area contributed by atoms with Crippen LogP contribution in [0.25, 0.3) is 0 Å². The molecule has 0 atom stereocenters. The molecule has 2 N–H and O–H groups in total. The molecule has 0 aliphatic rings. The van der Waals surface area contributed by atoms with Gasteiger partial charge in [0.15, 0.2) is 0 Å². The predicted molar refractivity (Wildman–Crippen MR) is 87.8 cm³/mol. The average Bonchev–Trinajstić information content (AvgIpc) is 2.56. The second-order valence-electron chi connectivity index (χ2n) is 4.73. The summed E-state index contributed by atoms with van der Waals surface area (Å²) in [5.41, 5.74) is 1.21. The molecule has 5 nitrogen and oxygen atoms in total. The van der Waals surface area contributed by atoms with Crippen molar-refractivity contribution in [2.45, 2.75) is 13.5 Å². The Morgan fingerprint density at radius 1 is 1.12 bits per heavy atom. The molecule has 0 heterocycles. The summed E-state index contributed by atoms with van der Waals surface area (Å²) < 4.78 is 33.8. The van der Waals surface area contributed by atoms with E-state index in [0.29, 0.717) is 23.7 Å². The summed E-state index contributed by atoms with van der Waals surface area (Å²) in [7, 11) is 0. The van der Waals surface area contributed by atoms with Gasteiger partial charge >= 0.3 is 6.61 Å². The minimum atomic E-state index is -2.86. The van der Waals surface area contributed by atoms with Crippen LogP contribution < -0.4 is 20.1 Å². The molecule has 0 unspecified atom stereocenters. The highest BCUT2D eigenvalue weighted by molar-refractivity contribution is 5.95. The van der Waals surface area contributed by atoms with E-state index in [2.05, 4.69) is 15.4 Å². The maximum atomic E-state index is 12.1. The van der Waals surface area contributed by atoms with Crippen molar-refractivity contribution in [3.05, 3.63) is 48.5 Å². The van der Waals surface area contributed by atoms with E-state index in [-0.39, 0.29) is 18.2 Å². The lowest BCUT2D eigenvalue weighted by Crippen LogP contribution is -2.22. The molecule has 0 radical (unpaired) electrons. The molecule has 2 aromatic rings. The van der Waals surface area contributed by atoms with Crippen LogP contribution >= 0.6 is 0 Å². The van der Waals surface area contributed by atoms with Crippen molar-refractivity contribution in [1.82, 2.24) is 0 Å². The third-order valence-corrected chi connectivity index (χ3v) is 2.99. The van der Waals surface area contributed by atoms with Crippen molar-refractivity contribution in [2.24, 2.45) is 0 Å². The topological polar surface area (TPSA) is 59.6 Å². The SMILES string of the molecule is CCOc1ccccc1NC(=O)CNc1ccc(OC(F)F)cc1. The number of anilines is 2. The summed E-state index contributed by atoms with van der Waals surface area (Å²) in [6.07, 6.45) is 0. The van der Waals surface area contributed by atoms with E-state index >= 15 is 0 Å². The van der Waals surface area contributed by atoms with Crippen molar-refractivity contribution >= 4 is 17.3 Å². The van der Waals surface area contributed by atoms with Crippen LogP contribution in [0.1, 0.15) is 6.92 Å². The van der Waals surface area contributed by atoms with Gasteiger partial charge in [0.1, 0.15) is 11.5 Å². The van der Waals surface area contributed by atoms with Crippen LogP contribution in [0.3, 0.4) is 0 Å². The Bertz CT molecular complexity index is 663. The van der Waals surface area contributed by atoms with Gasteiger partial charge in [-0.1, -0.05) is 12.1 Å². The lowest BCUT2D eigenvalue weighted by molar-refractivity contribution is -0.114. The highest BCUT2D eigenvalue weighted by Crippen LogP contribution is 2.23. The van der Waals surface area contributed by atoms with Gasteiger partial charge in [-0.05, 0) is 43.3 Å². The van der Waals surface area contributed by atoms with E-state index in [0.717, 1.165) is 0 Å². The number of nitrogens with one attached hydrogen (secondary N) is 2. The number of benzene rings is 2. The largest absolute Gasteiger partial charge is 0.492 e. The van der Waals surface area contributed by atoms with E-state index in [1.807, 2.05) is 13.0 Å². The number of para-hydroxylation sites is 2. The minimum absolute atomic E-state index is 0.0233. The predicted octanol–water partition coefficient (Wildman–Crippen LogP) is 3.74. The number of carbonyl (C=O) groups is 1. The molecular formula is C17H18F2N2O3. The molecule has 24 heavy (non-hydrogen) atoms. The number of amides is 1. The third-order valence-electron chi connectivity index (χ3n) is 2.99. The minimum Gasteiger partial charge on any atom is -0.492 e. The van der Waals surface area contributed by atoms with Gasteiger partial charge in [0, 0.05) is 5.69 Å². The first-order valence-corrected chi connectivity index (χ1v) is 7.39. The number of ether oxygens (including phenoxy) is 2. The van der Waals surface area contributed by atoms with E-state index in [1.54, 1.807) is 30.3 Å². The first-order valence-electron chi connectivity index (χ1n) is 7.39. The lowest BCUT2D eigenvalue weighted by atomic mass is 10.3. The molecule has 0 aromatic heterocycles. The second kappa shape index (κ2) is 8.71. The third kappa shape index (κ3) is 5.42. The molecular weight excluding hydrogens is 318 g/mol. The van der Waals surface area contributed by atoms with Crippen LogP contribution in [-0.2, 0) is 4.79 Å². The molecule has 1 amide bonds. The van der Waals surface area contributed by atoms with Gasteiger partial charge in [-0.25, -0.2) is 0 Å². The zero-order chi connectivity index (χ0) is 17.4. The zero-order valence-electron chi connectivity index (χ0n) is 13.1. The monoisotopic (exact) mass is 336 g/mol. The van der Waals surface area contributed by atoms with E-state index in [4.69, 9.17) is 4.74 Å². The Balaban J connectivity index is 1.87. The van der Waals surface area contributed by atoms with Crippen molar-refractivity contribution in [3.63, 3.8) is 0 Å². The molecule has 0 saturated carbocycles. The quantitative estimate of drug-likeness (QED) is 0.771. The van der Waals surface area contributed by atoms with Crippen molar-refractivity contribution < 1.29 is 23.0 Å². The molecule has 0 spiro atoms. The highest BCUT2D eigenvalue weighted by Gasteiger charge is 2.08. The fourth-order valence-corrected chi connectivity index (χ4v) is 1.98. The van der Waals surface area contributed by atoms with Crippen LogP contribution in [0.2, 0.25) is 0 Å². The molecule has 0 aliphatic carbocycles. The maximum Gasteiger partial charge on any atom is 0.387 e. The summed E-state index contributed by atoms with van der Waals surface area (Å²) in [6.45, 7) is -0.477. The number of alkyl halides is 2. The van der Waals surface area contributed by atoms with Gasteiger partial charge in [0.2, 0.25) is 5.91 Å². The summed E-state index contributed by atoms with van der Waals surface area (Å²) >= 11 is 0. The van der Waals surface area contributed by atoms with Crippen LogP contribution in [0.15, 0.2) is 48.5 Å². The fraction of sp³-hybridized carbons (Fsp3) is 0.235. The van der Waals surface area contributed by atoms with Gasteiger partial charge < -0.3 is 20.1 Å². The molecule has 0 fully saturated rings. The Labute approximate surface area is 138 Å². The number of hydrogen-bond acceptors (Lipinski definition) is 4. The Hall–Kier alpha value is -2.83. The van der Waals surface area contributed by atoms with E-state index < -0.39 is 6.61 Å². The maximum absolute atomic E-state index is 12.1. The van der Waals surface area contributed by atoms with Gasteiger partial charge in [-0.2, -0.15) is 8.78 Å². The van der Waals surface area contributed by atoms with Crippen LogP contribution in [-0.4, -0.2) is 25.7 Å². The summed E-state index contributed by atoms with van der Waals surface area (Å²) in [5, 5.41) is 5.65. The van der Waals surface area contributed by atoms with E-state index in [1.165, 1.54) is 12.1 Å². The number of carbonyl (C=O) groups excluding carboxylic acids is 1. The molecule has 2 aromatic carbocycles. The Morgan fingerprint density at radius 3 is 2.50 bits per heavy atom. The molecule has 0 bridgehead atoms. The van der Waals surface area contributed by atoms with Gasteiger partial charge in [-0.15, -0.1) is 0 Å². The van der Waals surface area contributed by atoms with Crippen LogP contribution in [0.4, 0.5) is 20.2 Å². The first kappa shape index (κ1) is 17.5. The molecule has 0 aliphatic heterocycles. The van der Waals surface area contributed by atoms with Gasteiger partial charge in [0.05, 0.1) is 18.8 Å². The fourth-order valence-electron chi connectivity index (χ4n) is 1.98. The molecule has 2 rings (SSSR count). The van der Waals surface area contributed by atoms with Crippen LogP contribution in [0.5, 0.6) is 11.5 Å². The summed E-state index contributed by atoms with van der Waals surface area (Å²) in [5.74, 6) is 0.405. The zero-order valence-corrected chi connectivity index (χ0v) is 13.1. The normalized spacial score (nSPS) is 10.3. The Morgan fingerprint density at radius 2 is 1.83 bits per heavy atom. The van der Waals surface area contributed by atoms with Gasteiger partial charge in [0.25, 0.3) is 0 Å². The number of hydrogen-bond donors (Lipinski definition) is 2. The molecule has 0 saturated heterocycles. The van der Waals surface area contributed by atoms with Crippen molar-refractivity contribution in [2.75, 3.05) is 23.8 Å². The summed E-state index contributed by atoms with van der Waals surface area (Å²) in [6, 6.07) is 13.1. The summed E-state index contributed by atoms with van der Waals surface area (Å²) in [4.78, 5) is 12.0. The molecule has 7 heteroatoms. The van der Waals surface area contributed by atoms with Crippen molar-refractivity contribution in [1.29, 1.82) is 0 Å². The first-order chi connectivity index (χ1) is 11.6.